The Balaban J connectivity index is 2.04. The lowest BCUT2D eigenvalue weighted by Gasteiger charge is -2.23. The monoisotopic (exact) mass is 457 g/mol. The first-order valence-corrected chi connectivity index (χ1v) is 10.9. The van der Waals surface area contributed by atoms with Crippen molar-refractivity contribution < 1.29 is 22.7 Å². The van der Waals surface area contributed by atoms with Gasteiger partial charge in [0.15, 0.2) is 0 Å². The number of hydrogen-bond donors (Lipinski definition) is 0. The van der Waals surface area contributed by atoms with Crippen LogP contribution in [0.2, 0.25) is 15.1 Å². The molecule has 0 amide bonds. The Morgan fingerprint density at radius 2 is 1.74 bits per heavy atom. The molecule has 0 N–H and O–H groups in total. The van der Waals surface area contributed by atoms with Crippen molar-refractivity contribution in [1.82, 2.24) is 4.31 Å². The standard InChI is InChI=1S/C17H22Cl3NO5S/c1-17(2,3)26-15(22)10-25-7-6-21(12-4-5-12)27(23,24)16-13(19)8-11(18)9-14(16)20/h8-9,12H,4-7,10H2,1-3H3. The minimum atomic E-state index is -3.93. The van der Waals surface area contributed by atoms with Gasteiger partial charge in [-0.05, 0) is 45.7 Å². The quantitative estimate of drug-likeness (QED) is 0.432. The van der Waals surface area contributed by atoms with Gasteiger partial charge in [-0.1, -0.05) is 34.8 Å². The summed E-state index contributed by atoms with van der Waals surface area (Å²) in [6.45, 7) is 5.13. The second kappa shape index (κ2) is 8.84. The highest BCUT2D eigenvalue weighted by Gasteiger charge is 2.39. The summed E-state index contributed by atoms with van der Waals surface area (Å²) in [5.41, 5.74) is -0.605. The molecular weight excluding hydrogens is 437 g/mol. The van der Waals surface area contributed by atoms with E-state index >= 15 is 0 Å². The van der Waals surface area contributed by atoms with E-state index in [0.717, 1.165) is 12.8 Å². The highest BCUT2D eigenvalue weighted by Crippen LogP contribution is 2.38. The molecule has 0 heterocycles. The minimum Gasteiger partial charge on any atom is -0.458 e. The number of rotatable bonds is 8. The number of halogens is 3. The number of carbonyl (C=O) groups is 1. The number of carbonyl (C=O) groups excluding carboxylic acids is 1. The van der Waals surface area contributed by atoms with Gasteiger partial charge in [-0.3, -0.25) is 0 Å². The molecule has 0 spiro atoms. The normalized spacial score (nSPS) is 15.2. The molecule has 27 heavy (non-hydrogen) atoms. The molecule has 1 fully saturated rings. The van der Waals surface area contributed by atoms with Crippen LogP contribution in [-0.2, 0) is 24.3 Å². The first kappa shape index (κ1) is 22.7. The third-order valence-electron chi connectivity index (χ3n) is 3.58. The predicted octanol–water partition coefficient (Wildman–Crippen LogP) is 4.16. The molecule has 6 nitrogen and oxygen atoms in total. The van der Waals surface area contributed by atoms with E-state index in [4.69, 9.17) is 44.3 Å². The molecule has 152 valence electrons. The molecule has 1 aliphatic carbocycles. The van der Waals surface area contributed by atoms with Crippen LogP contribution in [0.25, 0.3) is 0 Å². The molecule has 0 radical (unpaired) electrons. The van der Waals surface area contributed by atoms with Crippen molar-refractivity contribution >= 4 is 50.8 Å². The third-order valence-corrected chi connectivity index (χ3v) is 6.67. The van der Waals surface area contributed by atoms with Crippen LogP contribution < -0.4 is 0 Å². The van der Waals surface area contributed by atoms with Crippen LogP contribution in [0.5, 0.6) is 0 Å². The molecule has 0 atom stereocenters. The molecule has 0 bridgehead atoms. The highest BCUT2D eigenvalue weighted by molar-refractivity contribution is 7.89. The average molecular weight is 459 g/mol. The van der Waals surface area contributed by atoms with Crippen molar-refractivity contribution in [2.24, 2.45) is 0 Å². The Hall–Kier alpha value is -0.570. The van der Waals surface area contributed by atoms with Gasteiger partial charge in [-0.25, -0.2) is 13.2 Å². The number of sulfonamides is 1. The zero-order valence-electron chi connectivity index (χ0n) is 15.3. The Morgan fingerprint density at radius 3 is 2.22 bits per heavy atom. The number of hydrogen-bond acceptors (Lipinski definition) is 5. The van der Waals surface area contributed by atoms with Gasteiger partial charge in [-0.15, -0.1) is 0 Å². The molecule has 1 aromatic rings. The van der Waals surface area contributed by atoms with Gasteiger partial charge in [0.1, 0.15) is 17.1 Å². The van der Waals surface area contributed by atoms with Crippen molar-refractivity contribution in [3.8, 4) is 0 Å². The fraction of sp³-hybridized carbons (Fsp3) is 0.588. The fourth-order valence-corrected chi connectivity index (χ4v) is 5.60. The second-order valence-electron chi connectivity index (χ2n) is 7.18. The van der Waals surface area contributed by atoms with Crippen molar-refractivity contribution in [2.45, 2.75) is 50.2 Å². The van der Waals surface area contributed by atoms with Crippen LogP contribution in [0.4, 0.5) is 0 Å². The predicted molar refractivity (Wildman–Crippen MR) is 105 cm³/mol. The molecule has 1 aromatic carbocycles. The number of ether oxygens (including phenoxy) is 2. The van der Waals surface area contributed by atoms with Crippen molar-refractivity contribution in [3.05, 3.63) is 27.2 Å². The Bertz CT molecular complexity index is 780. The number of benzene rings is 1. The summed E-state index contributed by atoms with van der Waals surface area (Å²) < 4.78 is 37.8. The van der Waals surface area contributed by atoms with Crippen LogP contribution in [0, 0.1) is 0 Å². The van der Waals surface area contributed by atoms with Crippen molar-refractivity contribution in [3.63, 3.8) is 0 Å². The Kier molecular flexibility index (Phi) is 7.44. The summed E-state index contributed by atoms with van der Waals surface area (Å²) in [4.78, 5) is 11.5. The van der Waals surface area contributed by atoms with Crippen LogP contribution in [0.15, 0.2) is 17.0 Å². The van der Waals surface area contributed by atoms with Gasteiger partial charge in [0.25, 0.3) is 0 Å². The maximum Gasteiger partial charge on any atom is 0.332 e. The molecule has 0 aromatic heterocycles. The van der Waals surface area contributed by atoms with E-state index < -0.39 is 21.6 Å². The molecule has 0 unspecified atom stereocenters. The van der Waals surface area contributed by atoms with Gasteiger partial charge in [-0.2, -0.15) is 4.31 Å². The van der Waals surface area contributed by atoms with E-state index in [9.17, 15) is 13.2 Å². The lowest BCUT2D eigenvalue weighted by atomic mass is 10.2. The number of esters is 1. The SMILES string of the molecule is CC(C)(C)OC(=O)COCCN(C1CC1)S(=O)(=O)c1c(Cl)cc(Cl)cc1Cl. The summed E-state index contributed by atoms with van der Waals surface area (Å²) >= 11 is 18.0. The number of nitrogens with zero attached hydrogens (tertiary/aromatic N) is 1. The summed E-state index contributed by atoms with van der Waals surface area (Å²) in [5, 5.41) is 0.184. The molecule has 1 aliphatic rings. The molecule has 10 heteroatoms. The van der Waals surface area contributed by atoms with Gasteiger partial charge in [0.2, 0.25) is 10.0 Å². The van der Waals surface area contributed by atoms with Gasteiger partial charge >= 0.3 is 5.97 Å². The Morgan fingerprint density at radius 1 is 1.19 bits per heavy atom. The summed E-state index contributed by atoms with van der Waals surface area (Å²) in [6.07, 6.45) is 1.49. The lowest BCUT2D eigenvalue weighted by molar-refractivity contribution is -0.160. The lowest BCUT2D eigenvalue weighted by Crippen LogP contribution is -2.36. The van der Waals surface area contributed by atoms with E-state index in [0.29, 0.717) is 0 Å². The third kappa shape index (κ3) is 6.48. The van der Waals surface area contributed by atoms with Gasteiger partial charge < -0.3 is 9.47 Å². The highest BCUT2D eigenvalue weighted by atomic mass is 35.5. The second-order valence-corrected chi connectivity index (χ2v) is 10.3. The molecule has 2 rings (SSSR count). The average Bonchev–Trinajstić information content (AvgIpc) is 3.27. The molecule has 0 saturated heterocycles. The van der Waals surface area contributed by atoms with E-state index in [1.807, 2.05) is 0 Å². The Labute approximate surface area is 174 Å². The minimum absolute atomic E-state index is 0.0344. The van der Waals surface area contributed by atoms with E-state index in [2.05, 4.69) is 0 Å². The van der Waals surface area contributed by atoms with Crippen LogP contribution in [0.1, 0.15) is 33.6 Å². The fourth-order valence-electron chi connectivity index (χ4n) is 2.44. The maximum atomic E-state index is 13.0. The van der Waals surface area contributed by atoms with Gasteiger partial charge in [0.05, 0.1) is 16.7 Å². The summed E-state index contributed by atoms with van der Waals surface area (Å²) in [7, 11) is -3.93. The summed E-state index contributed by atoms with van der Waals surface area (Å²) in [6, 6.07) is 2.54. The first-order valence-electron chi connectivity index (χ1n) is 8.38. The van der Waals surface area contributed by atoms with Crippen molar-refractivity contribution in [1.29, 1.82) is 0 Å². The van der Waals surface area contributed by atoms with E-state index in [-0.39, 0.29) is 45.8 Å². The first-order chi connectivity index (χ1) is 12.4. The maximum absolute atomic E-state index is 13.0. The van der Waals surface area contributed by atoms with E-state index in [1.54, 1.807) is 20.8 Å². The zero-order valence-corrected chi connectivity index (χ0v) is 18.4. The smallest absolute Gasteiger partial charge is 0.332 e. The van der Waals surface area contributed by atoms with Crippen LogP contribution in [0.3, 0.4) is 0 Å². The molecule has 0 aliphatic heterocycles. The zero-order chi connectivity index (χ0) is 20.4. The molecule has 1 saturated carbocycles. The topological polar surface area (TPSA) is 72.9 Å². The van der Waals surface area contributed by atoms with Crippen LogP contribution >= 0.6 is 34.8 Å². The van der Waals surface area contributed by atoms with Crippen molar-refractivity contribution in [2.75, 3.05) is 19.8 Å². The largest absolute Gasteiger partial charge is 0.458 e. The van der Waals surface area contributed by atoms with Gasteiger partial charge in [0, 0.05) is 17.6 Å². The van der Waals surface area contributed by atoms with E-state index in [1.165, 1.54) is 16.4 Å². The summed E-state index contributed by atoms with van der Waals surface area (Å²) in [5.74, 6) is -0.507. The molecular formula is C17H22Cl3NO5S. The van der Waals surface area contributed by atoms with Crippen LogP contribution in [-0.4, -0.2) is 50.1 Å².